The summed E-state index contributed by atoms with van der Waals surface area (Å²) < 4.78 is 63.7. The number of carbonyl (C=O) groups excluding carboxylic acids is 3. The Morgan fingerprint density at radius 3 is 0.910 bits per heavy atom. The van der Waals surface area contributed by atoms with Crippen LogP contribution in [0.1, 0.15) is 77.1 Å². The number of anilines is 1. The van der Waals surface area contributed by atoms with Gasteiger partial charge in [0.05, 0.1) is 26.9 Å². The van der Waals surface area contributed by atoms with Gasteiger partial charge in [-0.15, -0.1) is 51.0 Å². The van der Waals surface area contributed by atoms with E-state index in [0.717, 1.165) is 53.2 Å². The molecule has 0 radical (unpaired) electrons. The average Bonchev–Trinajstić information content (AvgIpc) is 1.63. The van der Waals surface area contributed by atoms with E-state index in [9.17, 15) is 14.4 Å². The van der Waals surface area contributed by atoms with Crippen molar-refractivity contribution < 1.29 is 64.9 Å². The molecule has 1 amide bonds. The summed E-state index contributed by atoms with van der Waals surface area (Å²) in [5.41, 5.74) is 6.93. The maximum absolute atomic E-state index is 13.2. The molecular weight excluding hydrogens is 1280 g/mol. The first-order valence-electron chi connectivity index (χ1n) is 32.2. The number of nitrogens with zero attached hydrogens (tertiary/aromatic N) is 10. The maximum atomic E-state index is 13.2. The van der Waals surface area contributed by atoms with Crippen molar-refractivity contribution in [2.24, 2.45) is 0 Å². The first-order valence-corrected chi connectivity index (χ1v) is 32.2. The van der Waals surface area contributed by atoms with E-state index in [1.807, 2.05) is 91.0 Å². The number of ether oxygens (including phenoxy) is 6. The quantitative estimate of drug-likeness (QED) is 0.0389. The highest BCUT2D eigenvalue weighted by molar-refractivity contribution is 6.05. The molecule has 13 rings (SSSR count). The molecular formula is C75H65N11O14. The lowest BCUT2D eigenvalue weighted by molar-refractivity contribution is -0.134. The lowest BCUT2D eigenvalue weighted by atomic mass is 10.1. The smallest absolute Gasteiger partial charge is 0.310 e. The van der Waals surface area contributed by atoms with Crippen LogP contribution in [0.4, 0.5) is 5.69 Å². The van der Waals surface area contributed by atoms with E-state index in [1.165, 1.54) is 0 Å². The Kier molecular flexibility index (Phi) is 21.3. The van der Waals surface area contributed by atoms with Crippen LogP contribution in [0.5, 0.6) is 34.5 Å². The average molecular weight is 1340 g/mol. The minimum Gasteiger partial charge on any atom is -0.497 e. The predicted molar refractivity (Wildman–Crippen MR) is 367 cm³/mol. The van der Waals surface area contributed by atoms with E-state index in [0.29, 0.717) is 105 Å². The van der Waals surface area contributed by atoms with Crippen LogP contribution >= 0.6 is 0 Å². The van der Waals surface area contributed by atoms with Crippen LogP contribution in [0, 0.1) is 0 Å². The van der Waals surface area contributed by atoms with Crippen molar-refractivity contribution in [1.82, 2.24) is 51.0 Å². The highest BCUT2D eigenvalue weighted by Crippen LogP contribution is 2.38. The SMILES string of the molecule is CCC(=O)Oc1ccc(-c2nnc(-c3cc(NC(=O)c4ccc(OC)cc4)cc(-c4nnc(-c5ccc(OC(=O)CC)cc5)o4)c3)o2)cc1.CCCOc1cccc(-c2nnc(-c3cc(-c4nnc(-c5cccc(OCCC)c5)o4)cc(-c4nnc(-c5cccc(OCCC)c5)o4)c3)o2)c1. The molecule has 0 aliphatic rings. The van der Waals surface area contributed by atoms with Gasteiger partial charge in [-0.1, -0.05) is 52.8 Å². The molecule has 8 aromatic carbocycles. The Bertz CT molecular complexity index is 4570. The Balaban J connectivity index is 0.000000190. The molecule has 0 bridgehead atoms. The zero-order valence-corrected chi connectivity index (χ0v) is 55.2. The van der Waals surface area contributed by atoms with E-state index in [2.05, 4.69) is 77.1 Å². The largest absolute Gasteiger partial charge is 0.497 e. The summed E-state index contributed by atoms with van der Waals surface area (Å²) in [6, 6.07) is 53.3. The van der Waals surface area contributed by atoms with Crippen LogP contribution in [0.15, 0.2) is 204 Å². The second-order valence-corrected chi connectivity index (χ2v) is 22.2. The number of carbonyl (C=O) groups is 3. The third-order valence-corrected chi connectivity index (χ3v) is 14.7. The summed E-state index contributed by atoms with van der Waals surface area (Å²) >= 11 is 0. The molecule has 5 heterocycles. The van der Waals surface area contributed by atoms with Gasteiger partial charge >= 0.3 is 11.9 Å². The van der Waals surface area contributed by atoms with Crippen LogP contribution < -0.4 is 33.7 Å². The molecule has 0 saturated carbocycles. The normalized spacial score (nSPS) is 10.9. The van der Waals surface area contributed by atoms with E-state index < -0.39 is 0 Å². The van der Waals surface area contributed by atoms with E-state index in [1.54, 1.807) is 112 Å². The summed E-state index contributed by atoms with van der Waals surface area (Å²) in [5, 5.41) is 45.9. The Morgan fingerprint density at radius 2 is 0.610 bits per heavy atom. The number of esters is 2. The second kappa shape index (κ2) is 31.7. The van der Waals surface area contributed by atoms with Crippen molar-refractivity contribution in [1.29, 1.82) is 0 Å². The Labute approximate surface area is 572 Å². The van der Waals surface area contributed by atoms with Gasteiger partial charge in [-0.05, 0) is 183 Å². The van der Waals surface area contributed by atoms with E-state index in [4.69, 9.17) is 50.5 Å². The summed E-state index contributed by atoms with van der Waals surface area (Å²) in [5.74, 6) is 5.16. The number of amides is 1. The van der Waals surface area contributed by atoms with Crippen LogP contribution in [-0.2, 0) is 9.59 Å². The van der Waals surface area contributed by atoms with Gasteiger partial charge in [-0.3, -0.25) is 14.4 Å². The molecule has 0 aliphatic heterocycles. The number of hydrogen-bond donors (Lipinski definition) is 1. The van der Waals surface area contributed by atoms with Gasteiger partial charge in [0.1, 0.15) is 34.5 Å². The summed E-state index contributed by atoms with van der Waals surface area (Å²) in [6.07, 6.45) is 3.21. The van der Waals surface area contributed by atoms with Gasteiger partial charge in [0, 0.05) is 79.7 Å². The third kappa shape index (κ3) is 16.6. The predicted octanol–water partition coefficient (Wildman–Crippen LogP) is 16.2. The number of nitrogens with one attached hydrogen (secondary N) is 1. The van der Waals surface area contributed by atoms with Crippen molar-refractivity contribution in [2.45, 2.75) is 66.7 Å². The third-order valence-electron chi connectivity index (χ3n) is 14.7. The van der Waals surface area contributed by atoms with Crippen molar-refractivity contribution in [3.05, 3.63) is 188 Å². The van der Waals surface area contributed by atoms with Crippen LogP contribution in [0.2, 0.25) is 0 Å². The molecule has 0 aliphatic carbocycles. The van der Waals surface area contributed by atoms with Gasteiger partial charge < -0.3 is 55.8 Å². The van der Waals surface area contributed by atoms with Crippen molar-refractivity contribution in [3.63, 3.8) is 0 Å². The first-order chi connectivity index (χ1) is 48.9. The van der Waals surface area contributed by atoms with Crippen LogP contribution in [-0.4, -0.2) is 95.8 Å². The number of aromatic nitrogens is 10. The summed E-state index contributed by atoms with van der Waals surface area (Å²) in [7, 11) is 1.55. The fraction of sp³-hybridized carbons (Fsp3) is 0.187. The van der Waals surface area contributed by atoms with Crippen molar-refractivity contribution in [3.8, 4) is 149 Å². The fourth-order valence-electron chi connectivity index (χ4n) is 9.73. The lowest BCUT2D eigenvalue weighted by Gasteiger charge is -2.09. The lowest BCUT2D eigenvalue weighted by Crippen LogP contribution is -2.12. The van der Waals surface area contributed by atoms with E-state index >= 15 is 0 Å². The molecule has 25 heteroatoms. The summed E-state index contributed by atoms with van der Waals surface area (Å²) in [4.78, 5) is 36.5. The van der Waals surface area contributed by atoms with Crippen LogP contribution in [0.25, 0.3) is 115 Å². The molecule has 0 fully saturated rings. The van der Waals surface area contributed by atoms with Crippen molar-refractivity contribution in [2.75, 3.05) is 32.2 Å². The number of methoxy groups -OCH3 is 1. The molecule has 5 aromatic heterocycles. The van der Waals surface area contributed by atoms with Gasteiger partial charge in [0.25, 0.3) is 5.91 Å². The summed E-state index contributed by atoms with van der Waals surface area (Å²) in [6.45, 7) is 11.4. The molecule has 100 heavy (non-hydrogen) atoms. The fourth-order valence-corrected chi connectivity index (χ4v) is 9.73. The molecule has 504 valence electrons. The molecule has 0 atom stereocenters. The first kappa shape index (κ1) is 67.1. The standard InChI is InChI=1S/C39H36N6O6.C36H29N5O8/c1-4-16-46-31-13-7-10-25(22-31)34-40-43-37(49-34)28-19-29(38-44-41-35(50-38)26-11-8-14-32(23-26)47-17-5-2)21-30(20-28)39-45-42-36(51-39)27-12-9-15-33(24-27)48-18-6-3;1-4-30(42)46-28-14-8-22(9-15-28)33-38-40-35(48-33)24-18-25(20-26(19-24)37-32(44)21-6-12-27(45-3)13-7-21)36-41-39-34(49-36)23-10-16-29(17-11-23)47-31(43)5-2/h7-15,19-24H,4-6,16-18H2,1-3H3;6-20H,4-5H2,1-3H3,(H,37,44). The zero-order valence-electron chi connectivity index (χ0n) is 55.2. The van der Waals surface area contributed by atoms with E-state index in [-0.39, 0.29) is 71.9 Å². The maximum Gasteiger partial charge on any atom is 0.310 e. The minimum atomic E-state index is -0.365. The minimum absolute atomic E-state index is 0.162. The number of benzene rings is 8. The zero-order chi connectivity index (χ0) is 69.3. The van der Waals surface area contributed by atoms with Gasteiger partial charge in [-0.25, -0.2) is 0 Å². The Hall–Kier alpha value is -12.9. The molecule has 0 spiro atoms. The topological polar surface area (TPSA) is 313 Å². The molecule has 25 nitrogen and oxygen atoms in total. The highest BCUT2D eigenvalue weighted by Gasteiger charge is 2.23. The number of hydrogen-bond acceptors (Lipinski definition) is 24. The van der Waals surface area contributed by atoms with Gasteiger partial charge in [0.15, 0.2) is 0 Å². The van der Waals surface area contributed by atoms with Crippen molar-refractivity contribution >= 4 is 23.5 Å². The highest BCUT2D eigenvalue weighted by atomic mass is 16.5. The van der Waals surface area contributed by atoms with Gasteiger partial charge in [0.2, 0.25) is 58.9 Å². The molecule has 1 N–H and O–H groups in total. The monoisotopic (exact) mass is 1340 g/mol. The molecule has 0 saturated heterocycles. The van der Waals surface area contributed by atoms with Gasteiger partial charge in [-0.2, -0.15) is 0 Å². The van der Waals surface area contributed by atoms with Crippen LogP contribution in [0.3, 0.4) is 0 Å². The second-order valence-electron chi connectivity index (χ2n) is 22.2. The molecule has 13 aromatic rings. The molecule has 0 unspecified atom stereocenters. The Morgan fingerprint density at radius 1 is 0.320 bits per heavy atom. The number of rotatable bonds is 26.